The van der Waals surface area contributed by atoms with E-state index in [4.69, 9.17) is 0 Å². The zero-order valence-electron chi connectivity index (χ0n) is 32.4. The molecule has 2 N–H and O–H groups in total. The maximum absolute atomic E-state index is 11.9. The Bertz CT molecular complexity index is 2530. The van der Waals surface area contributed by atoms with E-state index in [0.717, 1.165) is 65.9 Å². The number of aliphatic hydroxyl groups excluding tert-OH is 2. The van der Waals surface area contributed by atoms with Gasteiger partial charge in [0.1, 0.15) is 16.2 Å². The molecule has 0 spiro atoms. The molecule has 2 heterocycles. The highest BCUT2D eigenvalue weighted by Gasteiger charge is 2.57. The van der Waals surface area contributed by atoms with E-state index in [9.17, 15) is 54.4 Å². The van der Waals surface area contributed by atoms with Crippen LogP contribution in [0.4, 0.5) is 11.4 Å². The lowest BCUT2D eigenvalue weighted by Crippen LogP contribution is -2.37. The van der Waals surface area contributed by atoms with Crippen molar-refractivity contribution in [1.82, 2.24) is 0 Å². The lowest BCUT2D eigenvalue weighted by atomic mass is 9.75. The monoisotopic (exact) mass is 889 g/mol. The number of benzene rings is 2. The van der Waals surface area contributed by atoms with E-state index in [2.05, 4.69) is 17.3 Å². The van der Waals surface area contributed by atoms with Crippen LogP contribution >= 0.6 is 12.0 Å². The number of β-amino-alcohol motifs (C(OH)–C–C–N with tert-alkyl or cyclic N) is 2. The van der Waals surface area contributed by atoms with Crippen LogP contribution in [-0.4, -0.2) is 96.2 Å². The van der Waals surface area contributed by atoms with Gasteiger partial charge in [-0.2, -0.15) is 4.58 Å². The number of fused-ring (bicyclic) bond motifs is 6. The first kappa shape index (κ1) is 43.9. The third kappa shape index (κ3) is 8.93. The molecule has 2 aromatic carbocycles. The summed E-state index contributed by atoms with van der Waals surface area (Å²) >= 11 is 0.698. The van der Waals surface area contributed by atoms with Crippen LogP contribution in [0, 0.1) is 11.8 Å². The largest absolute Gasteiger partial charge is 0.748 e. The molecule has 0 saturated heterocycles. The van der Waals surface area contributed by atoms with Crippen LogP contribution in [0.5, 0.6) is 0 Å². The topological polar surface area (TPSA) is 251 Å². The summed E-state index contributed by atoms with van der Waals surface area (Å²) in [5.41, 5.74) is 5.36. The van der Waals surface area contributed by atoms with Crippen molar-refractivity contribution in [3.63, 3.8) is 0 Å². The molecule has 1 saturated carbocycles. The molecule has 0 aromatic heterocycles. The van der Waals surface area contributed by atoms with Crippen LogP contribution in [0.25, 0.3) is 0 Å². The van der Waals surface area contributed by atoms with Gasteiger partial charge >= 0.3 is 0 Å². The summed E-state index contributed by atoms with van der Waals surface area (Å²) < 4.78 is 111. The fraction of sp³-hybridized carbons (Fsp3) is 0.475. The molecule has 3 aliphatic carbocycles. The Labute approximate surface area is 348 Å². The molecule has 5 aliphatic rings. The minimum Gasteiger partial charge on any atom is -0.748 e. The normalized spacial score (nSPS) is 26.8. The average molecular weight is 890 g/mol. The number of hydrogen-bond acceptors (Lipinski definition) is 15. The molecular weight excluding hydrogens is 845 g/mol. The van der Waals surface area contributed by atoms with Crippen molar-refractivity contribution in [2.45, 2.75) is 91.6 Å². The number of nitrogens with zero attached hydrogens (tertiary/aromatic N) is 2. The van der Waals surface area contributed by atoms with Gasteiger partial charge in [-0.1, -0.05) is 36.0 Å². The van der Waals surface area contributed by atoms with Gasteiger partial charge in [-0.05, 0) is 106 Å². The Morgan fingerprint density at radius 3 is 2.31 bits per heavy atom. The zero-order chi connectivity index (χ0) is 42.7. The molecule has 59 heavy (non-hydrogen) atoms. The first-order chi connectivity index (χ1) is 27.6. The van der Waals surface area contributed by atoms with Crippen molar-refractivity contribution in [1.29, 1.82) is 0 Å². The molecule has 19 heteroatoms. The van der Waals surface area contributed by atoms with E-state index < -0.39 is 69.8 Å². The summed E-state index contributed by atoms with van der Waals surface area (Å²) in [4.78, 5) is 1.93. The highest BCUT2D eigenvalue weighted by molar-refractivity contribution is 7.94. The second-order valence-electron chi connectivity index (χ2n) is 16.5. The van der Waals surface area contributed by atoms with Crippen LogP contribution in [0.3, 0.4) is 0 Å². The van der Waals surface area contributed by atoms with Gasteiger partial charge in [0.25, 0.3) is 0 Å². The minimum absolute atomic E-state index is 0.0525. The average Bonchev–Trinajstić information content (AvgIpc) is 3.80. The lowest BCUT2D eigenvalue weighted by molar-refractivity contribution is -0.630. The third-order valence-electron chi connectivity index (χ3n) is 12.5. The minimum atomic E-state index is -4.77. The fourth-order valence-electron chi connectivity index (χ4n) is 10.2. The SMILES string of the molecule is CC12CCC(/C=C/C=C/C3=CC(C4CCC5(C)C4=[N+](CC(O)CS(=O)(=O)[O-])c4ccc(SO[O-])cc45)CCC3)=C1N(CC(O)CS(=O)(=O)[O-])c1ccc(S(=O)(=O)[O-])cc12. The van der Waals surface area contributed by atoms with Crippen LogP contribution < -0.4 is 10.2 Å². The van der Waals surface area contributed by atoms with E-state index in [1.54, 1.807) is 11.0 Å². The summed E-state index contributed by atoms with van der Waals surface area (Å²) in [7, 11) is -14.2. The van der Waals surface area contributed by atoms with Crippen molar-refractivity contribution in [3.8, 4) is 0 Å². The highest BCUT2D eigenvalue weighted by Crippen LogP contribution is 2.57. The highest BCUT2D eigenvalue weighted by atomic mass is 32.2. The summed E-state index contributed by atoms with van der Waals surface area (Å²) in [6, 6.07) is 9.45. The number of allylic oxidation sites excluding steroid dienone is 8. The third-order valence-corrected chi connectivity index (χ3v) is 15.5. The maximum atomic E-state index is 11.9. The standard InChI is InChI=1S/C40H48N2O13S4/c1-39-16-14-26(37(39)41(21-28(43)23-57(46,47)48)36-13-11-31(20-34(36)39)59(52,53)54)8-4-3-6-25-7-5-9-27(18-25)32-15-17-40(2)33-19-30(56-55-45)10-12-35(33)42(38(32)40)22-29(44)24-58(49,50)51/h3-4,6,8,10-13,18-20,27-29,32,43-44H,5,7,9,14-17,21-24H2,1-2H3,(H3-,45,46,47,48,49,50,51,52,53,54)/p-3/b6-3+,8-4+. The van der Waals surface area contributed by atoms with Crippen molar-refractivity contribution in [2.75, 3.05) is 29.5 Å². The van der Waals surface area contributed by atoms with Gasteiger partial charge in [-0.15, -0.1) is 0 Å². The van der Waals surface area contributed by atoms with Crippen LogP contribution in [-0.2, 0) is 45.5 Å². The van der Waals surface area contributed by atoms with Crippen molar-refractivity contribution >= 4 is 59.5 Å². The summed E-state index contributed by atoms with van der Waals surface area (Å²) in [6.45, 7) is 3.71. The summed E-state index contributed by atoms with van der Waals surface area (Å²) in [6.07, 6.45) is 12.5. The second kappa shape index (κ2) is 16.2. The summed E-state index contributed by atoms with van der Waals surface area (Å²) in [5, 5.41) is 32.4. The van der Waals surface area contributed by atoms with E-state index >= 15 is 0 Å². The van der Waals surface area contributed by atoms with Crippen molar-refractivity contribution < 1.29 is 63.3 Å². The Morgan fingerprint density at radius 1 is 0.898 bits per heavy atom. The Balaban J connectivity index is 1.16. The fourth-order valence-corrected chi connectivity index (χ4v) is 12.3. The number of rotatable bonds is 15. The van der Waals surface area contributed by atoms with E-state index in [1.165, 1.54) is 18.2 Å². The van der Waals surface area contributed by atoms with Gasteiger partial charge < -0.3 is 38.4 Å². The Hall–Kier alpha value is -3.21. The molecule has 320 valence electrons. The van der Waals surface area contributed by atoms with E-state index in [0.29, 0.717) is 41.0 Å². The smallest absolute Gasteiger partial charge is 0.209 e. The molecule has 6 atom stereocenters. The molecule has 0 amide bonds. The zero-order valence-corrected chi connectivity index (χ0v) is 35.6. The molecule has 2 aliphatic heterocycles. The van der Waals surface area contributed by atoms with Crippen LogP contribution in [0.1, 0.15) is 69.9 Å². The quantitative estimate of drug-likeness (QED) is 0.0651. The van der Waals surface area contributed by atoms with Gasteiger partial charge in [0.05, 0.1) is 48.2 Å². The second-order valence-corrected chi connectivity index (χ2v) is 21.6. The molecule has 2 aromatic rings. The van der Waals surface area contributed by atoms with E-state index in [-0.39, 0.29) is 24.9 Å². The van der Waals surface area contributed by atoms with Crippen molar-refractivity contribution in [3.05, 3.63) is 94.7 Å². The summed E-state index contributed by atoms with van der Waals surface area (Å²) in [5.74, 6) is -1.74. The number of aliphatic hydroxyl groups is 2. The van der Waals surface area contributed by atoms with Gasteiger partial charge in [0, 0.05) is 57.8 Å². The van der Waals surface area contributed by atoms with Gasteiger partial charge in [-0.3, -0.25) is 0 Å². The molecule has 1 fully saturated rings. The molecular formula is C40H45N2O13S4-3. The molecule has 6 unspecified atom stereocenters. The molecule has 0 radical (unpaired) electrons. The first-order valence-electron chi connectivity index (χ1n) is 19.3. The van der Waals surface area contributed by atoms with Crippen molar-refractivity contribution in [2.24, 2.45) is 11.8 Å². The van der Waals surface area contributed by atoms with Gasteiger partial charge in [0.15, 0.2) is 12.3 Å². The van der Waals surface area contributed by atoms with Gasteiger partial charge in [-0.25, -0.2) is 25.3 Å². The van der Waals surface area contributed by atoms with Crippen LogP contribution in [0.2, 0.25) is 0 Å². The predicted molar refractivity (Wildman–Crippen MR) is 213 cm³/mol. The Kier molecular flexibility index (Phi) is 12.1. The molecule has 7 rings (SSSR count). The predicted octanol–water partition coefficient (Wildman–Crippen LogP) is 3.13. The number of hydrogen-bond donors (Lipinski definition) is 2. The molecule has 0 bridgehead atoms. The first-order valence-corrected chi connectivity index (χ1v) is 24.6. The maximum Gasteiger partial charge on any atom is 0.209 e. The van der Waals surface area contributed by atoms with Gasteiger partial charge in [0.2, 0.25) is 5.69 Å². The van der Waals surface area contributed by atoms with Crippen LogP contribution in [0.15, 0.2) is 93.4 Å². The lowest BCUT2D eigenvalue weighted by Gasteiger charge is -2.28. The number of anilines is 1. The van der Waals surface area contributed by atoms with E-state index in [1.807, 2.05) is 47.9 Å². The Morgan fingerprint density at radius 2 is 1.61 bits per heavy atom. The molecule has 15 nitrogen and oxygen atoms in total.